The summed E-state index contributed by atoms with van der Waals surface area (Å²) in [7, 11) is 0. The third-order valence-corrected chi connectivity index (χ3v) is 6.61. The van der Waals surface area contributed by atoms with Gasteiger partial charge in [0.25, 0.3) is 5.91 Å². The Labute approximate surface area is 194 Å². The molecule has 2 aromatic rings. The monoisotopic (exact) mass is 488 g/mol. The van der Waals surface area contributed by atoms with E-state index in [1.165, 1.54) is 0 Å². The molecule has 0 fully saturated rings. The average Bonchev–Trinajstić information content (AvgIpc) is 2.76. The normalized spacial score (nSPS) is 12.7. The first-order valence-electron chi connectivity index (χ1n) is 10.8. The van der Waals surface area contributed by atoms with Crippen LogP contribution in [0.2, 0.25) is 0 Å². The van der Waals surface area contributed by atoms with Gasteiger partial charge < -0.3 is 15.0 Å². The molecule has 168 valence electrons. The topological polar surface area (TPSA) is 58.6 Å². The Bertz CT molecular complexity index is 863. The SMILES string of the molecule is CC[C@@H](C)NC(=O)[C@@H](CC)N(Cc1ccccc1)C(=O)COc1cc(C)c(Br)c(C)c1. The predicted molar refractivity (Wildman–Crippen MR) is 128 cm³/mol. The van der Waals surface area contributed by atoms with Crippen LogP contribution in [0.25, 0.3) is 0 Å². The summed E-state index contributed by atoms with van der Waals surface area (Å²) < 4.78 is 6.87. The molecule has 0 aliphatic carbocycles. The second-order valence-corrected chi connectivity index (χ2v) is 8.70. The van der Waals surface area contributed by atoms with Gasteiger partial charge in [0.2, 0.25) is 5.91 Å². The van der Waals surface area contributed by atoms with Crippen molar-refractivity contribution >= 4 is 27.7 Å². The van der Waals surface area contributed by atoms with Crippen LogP contribution in [0.5, 0.6) is 5.75 Å². The van der Waals surface area contributed by atoms with E-state index in [2.05, 4.69) is 21.2 Å². The summed E-state index contributed by atoms with van der Waals surface area (Å²) in [6, 6.07) is 13.0. The molecule has 2 rings (SSSR count). The summed E-state index contributed by atoms with van der Waals surface area (Å²) in [6.07, 6.45) is 1.36. The van der Waals surface area contributed by atoms with Gasteiger partial charge in [-0.25, -0.2) is 0 Å². The summed E-state index contributed by atoms with van der Waals surface area (Å²) in [5, 5.41) is 3.02. The van der Waals surface area contributed by atoms with Crippen LogP contribution in [0.15, 0.2) is 46.9 Å². The highest BCUT2D eigenvalue weighted by Gasteiger charge is 2.29. The maximum Gasteiger partial charge on any atom is 0.261 e. The molecule has 0 radical (unpaired) electrons. The number of carbonyl (C=O) groups excluding carboxylic acids is 2. The van der Waals surface area contributed by atoms with Gasteiger partial charge in [0, 0.05) is 17.1 Å². The highest BCUT2D eigenvalue weighted by Crippen LogP contribution is 2.26. The molecule has 5 nitrogen and oxygen atoms in total. The molecular formula is C25H33BrN2O3. The summed E-state index contributed by atoms with van der Waals surface area (Å²) in [6.45, 7) is 10.1. The van der Waals surface area contributed by atoms with Crippen molar-refractivity contribution in [2.75, 3.05) is 6.61 Å². The molecule has 0 saturated carbocycles. The van der Waals surface area contributed by atoms with Crippen LogP contribution in [-0.2, 0) is 16.1 Å². The molecule has 0 unspecified atom stereocenters. The van der Waals surface area contributed by atoms with E-state index < -0.39 is 6.04 Å². The highest BCUT2D eigenvalue weighted by atomic mass is 79.9. The van der Waals surface area contributed by atoms with Crippen molar-refractivity contribution in [1.82, 2.24) is 10.2 Å². The Morgan fingerprint density at radius 1 is 1.06 bits per heavy atom. The van der Waals surface area contributed by atoms with Gasteiger partial charge in [0.15, 0.2) is 6.61 Å². The number of carbonyl (C=O) groups is 2. The largest absolute Gasteiger partial charge is 0.484 e. The fraction of sp³-hybridized carbons (Fsp3) is 0.440. The molecule has 2 amide bonds. The maximum atomic E-state index is 13.2. The standard InChI is InChI=1S/C25H33BrN2O3/c1-6-19(5)27-25(30)22(7-2)28(15-20-11-9-8-10-12-20)23(29)16-31-21-13-17(3)24(26)18(4)14-21/h8-14,19,22H,6-7,15-16H2,1-5H3,(H,27,30)/t19-,22-/m1/s1. The predicted octanol–water partition coefficient (Wildman–Crippen LogP) is 5.17. The minimum absolute atomic E-state index is 0.0557. The number of aryl methyl sites for hydroxylation is 2. The van der Waals surface area contributed by atoms with E-state index in [9.17, 15) is 9.59 Å². The number of halogens is 1. The molecule has 31 heavy (non-hydrogen) atoms. The van der Waals surface area contributed by atoms with Gasteiger partial charge in [-0.15, -0.1) is 0 Å². The zero-order valence-electron chi connectivity index (χ0n) is 19.1. The number of benzene rings is 2. The molecule has 6 heteroatoms. The first kappa shape index (κ1) is 24.9. The number of rotatable bonds is 10. The number of ether oxygens (including phenoxy) is 1. The van der Waals surface area contributed by atoms with E-state index in [4.69, 9.17) is 4.74 Å². The van der Waals surface area contributed by atoms with Gasteiger partial charge in [0.1, 0.15) is 11.8 Å². The van der Waals surface area contributed by atoms with Crippen molar-refractivity contribution in [3.8, 4) is 5.75 Å². The summed E-state index contributed by atoms with van der Waals surface area (Å²) in [4.78, 5) is 27.8. The van der Waals surface area contributed by atoms with Crippen molar-refractivity contribution in [3.63, 3.8) is 0 Å². The lowest BCUT2D eigenvalue weighted by Gasteiger charge is -2.31. The lowest BCUT2D eigenvalue weighted by molar-refractivity contribution is -0.143. The second-order valence-electron chi connectivity index (χ2n) is 7.91. The Morgan fingerprint density at radius 3 is 2.23 bits per heavy atom. The molecule has 0 aromatic heterocycles. The van der Waals surface area contributed by atoms with Crippen LogP contribution in [0, 0.1) is 13.8 Å². The maximum absolute atomic E-state index is 13.2. The quantitative estimate of drug-likeness (QED) is 0.501. The van der Waals surface area contributed by atoms with E-state index >= 15 is 0 Å². The fourth-order valence-electron chi connectivity index (χ4n) is 3.36. The third-order valence-electron chi connectivity index (χ3n) is 5.35. The van der Waals surface area contributed by atoms with Crippen LogP contribution < -0.4 is 10.1 Å². The Morgan fingerprint density at radius 2 is 1.68 bits per heavy atom. The Kier molecular flexibility index (Phi) is 9.56. The van der Waals surface area contributed by atoms with Gasteiger partial charge in [-0.3, -0.25) is 9.59 Å². The molecule has 2 aromatic carbocycles. The highest BCUT2D eigenvalue weighted by molar-refractivity contribution is 9.10. The molecule has 1 N–H and O–H groups in total. The number of hydrogen-bond donors (Lipinski definition) is 1. The van der Waals surface area contributed by atoms with E-state index in [1.54, 1.807) is 4.90 Å². The van der Waals surface area contributed by atoms with Crippen LogP contribution in [0.3, 0.4) is 0 Å². The summed E-state index contributed by atoms with van der Waals surface area (Å²) in [5.41, 5.74) is 3.06. The van der Waals surface area contributed by atoms with E-state index in [1.807, 2.05) is 77.1 Å². The zero-order chi connectivity index (χ0) is 23.0. The van der Waals surface area contributed by atoms with Crippen LogP contribution in [-0.4, -0.2) is 35.4 Å². The molecule has 2 atom stereocenters. The molecule has 0 saturated heterocycles. The zero-order valence-corrected chi connectivity index (χ0v) is 20.7. The average molecular weight is 489 g/mol. The first-order chi connectivity index (χ1) is 14.8. The van der Waals surface area contributed by atoms with Crippen LogP contribution >= 0.6 is 15.9 Å². The van der Waals surface area contributed by atoms with Gasteiger partial charge in [-0.1, -0.05) is 60.1 Å². The molecular weight excluding hydrogens is 456 g/mol. The number of nitrogens with one attached hydrogen (secondary N) is 1. The van der Waals surface area contributed by atoms with Crippen LogP contribution in [0.1, 0.15) is 50.3 Å². The minimum atomic E-state index is -0.557. The number of amides is 2. The van der Waals surface area contributed by atoms with Crippen molar-refractivity contribution in [1.29, 1.82) is 0 Å². The Balaban J connectivity index is 2.21. The van der Waals surface area contributed by atoms with E-state index in [0.717, 1.165) is 27.6 Å². The van der Waals surface area contributed by atoms with E-state index in [-0.39, 0.29) is 24.5 Å². The van der Waals surface area contributed by atoms with Gasteiger partial charge in [-0.2, -0.15) is 0 Å². The van der Waals surface area contributed by atoms with Crippen molar-refractivity contribution in [2.45, 2.75) is 66.1 Å². The smallest absolute Gasteiger partial charge is 0.261 e. The second kappa shape index (κ2) is 11.9. The fourth-order valence-corrected chi connectivity index (χ4v) is 3.59. The third kappa shape index (κ3) is 7.10. The van der Waals surface area contributed by atoms with Gasteiger partial charge >= 0.3 is 0 Å². The molecule has 0 aliphatic rings. The Hall–Kier alpha value is -2.34. The van der Waals surface area contributed by atoms with Crippen molar-refractivity contribution in [3.05, 3.63) is 63.6 Å². The van der Waals surface area contributed by atoms with Gasteiger partial charge in [-0.05, 0) is 62.4 Å². The lowest BCUT2D eigenvalue weighted by Crippen LogP contribution is -2.51. The lowest BCUT2D eigenvalue weighted by atomic mass is 10.1. The van der Waals surface area contributed by atoms with Crippen LogP contribution in [0.4, 0.5) is 0 Å². The molecule has 0 heterocycles. The first-order valence-corrected chi connectivity index (χ1v) is 11.6. The van der Waals surface area contributed by atoms with Gasteiger partial charge in [0.05, 0.1) is 0 Å². The summed E-state index contributed by atoms with van der Waals surface area (Å²) in [5.74, 6) is 0.299. The molecule has 0 spiro atoms. The summed E-state index contributed by atoms with van der Waals surface area (Å²) >= 11 is 3.55. The molecule has 0 aliphatic heterocycles. The van der Waals surface area contributed by atoms with E-state index in [0.29, 0.717) is 18.7 Å². The molecule has 0 bridgehead atoms. The van der Waals surface area contributed by atoms with Crippen molar-refractivity contribution < 1.29 is 14.3 Å². The number of hydrogen-bond acceptors (Lipinski definition) is 3. The van der Waals surface area contributed by atoms with Crippen molar-refractivity contribution in [2.24, 2.45) is 0 Å². The number of nitrogens with zero attached hydrogens (tertiary/aromatic N) is 1. The minimum Gasteiger partial charge on any atom is -0.484 e.